The Morgan fingerprint density at radius 1 is 1.32 bits per heavy atom. The second kappa shape index (κ2) is 5.54. The summed E-state index contributed by atoms with van der Waals surface area (Å²) in [6.07, 6.45) is 2.34. The molecule has 0 aromatic heterocycles. The number of hydrogen-bond donors (Lipinski definition) is 1. The van der Waals surface area contributed by atoms with Gasteiger partial charge in [-0.3, -0.25) is 0 Å². The third kappa shape index (κ3) is 3.50. The average molecular weight is 260 g/mol. The van der Waals surface area contributed by atoms with E-state index in [9.17, 15) is 0 Å². The first kappa shape index (κ1) is 14.4. The van der Waals surface area contributed by atoms with Gasteiger partial charge in [-0.25, -0.2) is 0 Å². The molecule has 2 rings (SSSR count). The van der Waals surface area contributed by atoms with Crippen molar-refractivity contribution in [1.82, 2.24) is 0 Å². The van der Waals surface area contributed by atoms with Crippen LogP contribution in [-0.2, 0) is 6.42 Å². The highest BCUT2D eigenvalue weighted by Gasteiger charge is 2.29. The second-order valence-corrected chi connectivity index (χ2v) is 7.24. The van der Waals surface area contributed by atoms with Crippen LogP contribution in [-0.4, -0.2) is 19.1 Å². The molecule has 0 spiro atoms. The molecule has 1 aliphatic rings. The maximum Gasteiger partial charge on any atom is 0.0417 e. The second-order valence-electron chi connectivity index (χ2n) is 7.24. The van der Waals surface area contributed by atoms with Crippen molar-refractivity contribution < 1.29 is 0 Å². The monoisotopic (exact) mass is 260 g/mol. The van der Waals surface area contributed by atoms with Gasteiger partial charge in [-0.05, 0) is 35.8 Å². The Kier molecular flexibility index (Phi) is 4.19. The Hall–Kier alpha value is -1.02. The van der Waals surface area contributed by atoms with Crippen LogP contribution in [0.1, 0.15) is 39.7 Å². The topological polar surface area (TPSA) is 29.3 Å². The van der Waals surface area contributed by atoms with Crippen LogP contribution in [0.4, 0.5) is 5.69 Å². The highest BCUT2D eigenvalue weighted by molar-refractivity contribution is 5.56. The molecule has 1 aromatic rings. The van der Waals surface area contributed by atoms with E-state index in [0.717, 1.165) is 19.5 Å². The van der Waals surface area contributed by atoms with Crippen molar-refractivity contribution in [2.75, 3.05) is 18.0 Å². The van der Waals surface area contributed by atoms with E-state index in [2.05, 4.69) is 56.9 Å². The first-order valence-electron chi connectivity index (χ1n) is 7.45. The lowest BCUT2D eigenvalue weighted by Gasteiger charge is -2.42. The van der Waals surface area contributed by atoms with Gasteiger partial charge in [-0.1, -0.05) is 45.9 Å². The first-order chi connectivity index (χ1) is 8.90. The van der Waals surface area contributed by atoms with Crippen LogP contribution in [0.15, 0.2) is 24.3 Å². The quantitative estimate of drug-likeness (QED) is 0.902. The molecule has 0 saturated heterocycles. The van der Waals surface area contributed by atoms with E-state index in [1.165, 1.54) is 17.7 Å². The molecule has 2 nitrogen and oxygen atoms in total. The van der Waals surface area contributed by atoms with Gasteiger partial charge in [0.15, 0.2) is 0 Å². The van der Waals surface area contributed by atoms with Crippen molar-refractivity contribution >= 4 is 5.69 Å². The molecule has 19 heavy (non-hydrogen) atoms. The summed E-state index contributed by atoms with van der Waals surface area (Å²) in [6, 6.07) is 9.27. The number of benzene rings is 1. The number of anilines is 1. The molecule has 2 atom stereocenters. The van der Waals surface area contributed by atoms with Crippen molar-refractivity contribution in [3.05, 3.63) is 29.8 Å². The molecular formula is C17H28N2. The molecule has 1 heterocycles. The third-order valence-corrected chi connectivity index (χ3v) is 3.94. The Morgan fingerprint density at radius 3 is 2.63 bits per heavy atom. The normalized spacial score (nSPS) is 21.1. The predicted octanol–water partition coefficient (Wildman–Crippen LogP) is 3.45. The van der Waals surface area contributed by atoms with Crippen molar-refractivity contribution in [2.45, 2.75) is 46.6 Å². The molecule has 2 unspecified atom stereocenters. The largest absolute Gasteiger partial charge is 0.367 e. The van der Waals surface area contributed by atoms with Crippen LogP contribution in [0.3, 0.4) is 0 Å². The van der Waals surface area contributed by atoms with Gasteiger partial charge in [0, 0.05) is 24.8 Å². The van der Waals surface area contributed by atoms with Gasteiger partial charge in [0.05, 0.1) is 0 Å². The van der Waals surface area contributed by atoms with E-state index in [-0.39, 0.29) is 0 Å². The molecule has 2 N–H and O–H groups in total. The first-order valence-corrected chi connectivity index (χ1v) is 7.45. The van der Waals surface area contributed by atoms with Crippen LogP contribution < -0.4 is 10.6 Å². The number of para-hydroxylation sites is 1. The summed E-state index contributed by atoms with van der Waals surface area (Å²) in [5.41, 5.74) is 9.27. The standard InChI is InChI=1S/C17H28N2/c1-13-9-14-7-5-6-8-16(14)19(12-13)15(11-18)10-17(2,3)4/h5-8,13,15H,9-12,18H2,1-4H3. The highest BCUT2D eigenvalue weighted by atomic mass is 15.2. The van der Waals surface area contributed by atoms with E-state index in [4.69, 9.17) is 5.73 Å². The van der Waals surface area contributed by atoms with Crippen molar-refractivity contribution in [3.63, 3.8) is 0 Å². The Morgan fingerprint density at radius 2 is 2.00 bits per heavy atom. The lowest BCUT2D eigenvalue weighted by Crippen LogP contribution is -2.47. The van der Waals surface area contributed by atoms with Gasteiger partial charge in [0.1, 0.15) is 0 Å². The maximum absolute atomic E-state index is 6.07. The minimum atomic E-state index is 0.319. The molecular weight excluding hydrogens is 232 g/mol. The van der Waals surface area contributed by atoms with E-state index in [1.54, 1.807) is 0 Å². The molecule has 1 aliphatic heterocycles. The minimum absolute atomic E-state index is 0.319. The van der Waals surface area contributed by atoms with Crippen molar-refractivity contribution in [3.8, 4) is 0 Å². The van der Waals surface area contributed by atoms with Crippen LogP contribution in [0, 0.1) is 11.3 Å². The maximum atomic E-state index is 6.07. The van der Waals surface area contributed by atoms with Gasteiger partial charge in [0.2, 0.25) is 0 Å². The molecule has 2 heteroatoms. The molecule has 106 valence electrons. The fourth-order valence-corrected chi connectivity index (χ4v) is 3.21. The van der Waals surface area contributed by atoms with Crippen LogP contribution in [0.2, 0.25) is 0 Å². The number of nitrogens with two attached hydrogens (primary N) is 1. The van der Waals surface area contributed by atoms with Gasteiger partial charge >= 0.3 is 0 Å². The van der Waals surface area contributed by atoms with Gasteiger partial charge in [0.25, 0.3) is 0 Å². The van der Waals surface area contributed by atoms with Crippen molar-refractivity contribution in [2.24, 2.45) is 17.1 Å². The zero-order chi connectivity index (χ0) is 14.0. The summed E-state index contributed by atoms with van der Waals surface area (Å²) in [5.74, 6) is 0.712. The lowest BCUT2D eigenvalue weighted by molar-refractivity contribution is 0.322. The van der Waals surface area contributed by atoms with Crippen molar-refractivity contribution in [1.29, 1.82) is 0 Å². The van der Waals surface area contributed by atoms with E-state index in [1.807, 2.05) is 0 Å². The number of fused-ring (bicyclic) bond motifs is 1. The SMILES string of the molecule is CC1Cc2ccccc2N(C(CN)CC(C)(C)C)C1. The van der Waals surface area contributed by atoms with E-state index < -0.39 is 0 Å². The van der Waals surface area contributed by atoms with E-state index >= 15 is 0 Å². The zero-order valence-corrected chi connectivity index (χ0v) is 12.8. The molecule has 0 saturated carbocycles. The van der Waals surface area contributed by atoms with Crippen LogP contribution in [0.5, 0.6) is 0 Å². The number of hydrogen-bond acceptors (Lipinski definition) is 2. The zero-order valence-electron chi connectivity index (χ0n) is 12.8. The summed E-state index contributed by atoms with van der Waals surface area (Å²) in [5, 5.41) is 0. The molecule has 0 radical (unpaired) electrons. The minimum Gasteiger partial charge on any atom is -0.367 e. The smallest absolute Gasteiger partial charge is 0.0417 e. The summed E-state index contributed by atoms with van der Waals surface area (Å²) in [7, 11) is 0. The molecule has 1 aromatic carbocycles. The Balaban J connectivity index is 2.28. The Bertz CT molecular complexity index is 420. The predicted molar refractivity (Wildman–Crippen MR) is 83.6 cm³/mol. The summed E-state index contributed by atoms with van der Waals surface area (Å²) < 4.78 is 0. The highest BCUT2D eigenvalue weighted by Crippen LogP contribution is 2.33. The molecule has 0 aliphatic carbocycles. The Labute approximate surface area is 118 Å². The molecule has 0 amide bonds. The van der Waals surface area contributed by atoms with Gasteiger partial charge in [-0.2, -0.15) is 0 Å². The van der Waals surface area contributed by atoms with Gasteiger partial charge < -0.3 is 10.6 Å². The number of rotatable bonds is 3. The summed E-state index contributed by atoms with van der Waals surface area (Å²) >= 11 is 0. The van der Waals surface area contributed by atoms with E-state index in [0.29, 0.717) is 17.4 Å². The van der Waals surface area contributed by atoms with Gasteiger partial charge in [-0.15, -0.1) is 0 Å². The average Bonchev–Trinajstić information content (AvgIpc) is 2.34. The fourth-order valence-electron chi connectivity index (χ4n) is 3.21. The molecule has 0 fully saturated rings. The van der Waals surface area contributed by atoms with Crippen LogP contribution in [0.25, 0.3) is 0 Å². The van der Waals surface area contributed by atoms with Crippen LogP contribution >= 0.6 is 0 Å². The number of nitrogens with zero attached hydrogens (tertiary/aromatic N) is 1. The lowest BCUT2D eigenvalue weighted by atomic mass is 9.85. The summed E-state index contributed by atoms with van der Waals surface area (Å²) in [4.78, 5) is 2.55. The third-order valence-electron chi connectivity index (χ3n) is 3.94. The fraction of sp³-hybridized carbons (Fsp3) is 0.647. The molecule has 0 bridgehead atoms. The summed E-state index contributed by atoms with van der Waals surface area (Å²) in [6.45, 7) is 11.1.